The van der Waals surface area contributed by atoms with Gasteiger partial charge in [0.2, 0.25) is 0 Å². The van der Waals surface area contributed by atoms with Crippen LogP contribution in [0, 0.1) is 0 Å². The molecule has 2 aromatic rings. The number of nitrogens with zero attached hydrogens (tertiary/aromatic N) is 2. The van der Waals surface area contributed by atoms with Crippen LogP contribution >= 0.6 is 0 Å². The van der Waals surface area contributed by atoms with Crippen molar-refractivity contribution in [2.24, 2.45) is 5.73 Å². The molecule has 0 bridgehead atoms. The maximum Gasteiger partial charge on any atom is 0.269 e. The highest BCUT2D eigenvalue weighted by atomic mass is 16.1. The summed E-state index contributed by atoms with van der Waals surface area (Å²) in [5.74, 6) is 0.658. The molecule has 4 heteroatoms. The van der Waals surface area contributed by atoms with Crippen LogP contribution in [0.25, 0.3) is 5.52 Å². The number of aryl methyl sites for hydroxylation is 1. The summed E-state index contributed by atoms with van der Waals surface area (Å²) in [5, 5.41) is 0. The molecule has 0 fully saturated rings. The number of hydrogen-bond donors (Lipinski definition) is 1. The summed E-state index contributed by atoms with van der Waals surface area (Å²) in [6.45, 7) is 6.21. The van der Waals surface area contributed by atoms with Gasteiger partial charge in [-0.25, -0.2) is 4.98 Å². The predicted octanol–water partition coefficient (Wildman–Crippen LogP) is 2.12. The molecule has 2 aromatic heterocycles. The Morgan fingerprint density at radius 2 is 2.18 bits per heavy atom. The van der Waals surface area contributed by atoms with Crippen molar-refractivity contribution in [2.75, 3.05) is 0 Å². The molecule has 17 heavy (non-hydrogen) atoms. The molecule has 0 spiro atoms. The second kappa shape index (κ2) is 4.20. The van der Waals surface area contributed by atoms with E-state index in [1.807, 2.05) is 22.7 Å². The van der Waals surface area contributed by atoms with E-state index in [-0.39, 0.29) is 5.92 Å². The van der Waals surface area contributed by atoms with Crippen LogP contribution in [0.4, 0.5) is 0 Å². The molecule has 0 radical (unpaired) electrons. The predicted molar refractivity (Wildman–Crippen MR) is 67.2 cm³/mol. The van der Waals surface area contributed by atoms with Crippen molar-refractivity contribution in [2.45, 2.75) is 33.1 Å². The summed E-state index contributed by atoms with van der Waals surface area (Å²) < 4.78 is 1.98. The number of amides is 1. The molecule has 4 nitrogen and oxygen atoms in total. The lowest BCUT2D eigenvalue weighted by atomic mass is 10.2. The van der Waals surface area contributed by atoms with Crippen LogP contribution in [-0.4, -0.2) is 15.3 Å². The summed E-state index contributed by atoms with van der Waals surface area (Å²) in [7, 11) is 0. The van der Waals surface area contributed by atoms with Gasteiger partial charge in [0, 0.05) is 12.1 Å². The van der Waals surface area contributed by atoms with E-state index in [1.165, 1.54) is 5.56 Å². The van der Waals surface area contributed by atoms with E-state index >= 15 is 0 Å². The molecule has 0 atom stereocenters. The summed E-state index contributed by atoms with van der Waals surface area (Å²) in [4.78, 5) is 15.7. The first-order chi connectivity index (χ1) is 8.04. The topological polar surface area (TPSA) is 60.4 Å². The number of rotatable bonds is 3. The SMILES string of the molecule is CCc1ccc2c(C(N)=O)nc(C(C)C)n2c1. The van der Waals surface area contributed by atoms with E-state index in [0.29, 0.717) is 5.69 Å². The fraction of sp³-hybridized carbons (Fsp3) is 0.385. The van der Waals surface area contributed by atoms with Crippen molar-refractivity contribution in [3.63, 3.8) is 0 Å². The minimum atomic E-state index is -0.473. The van der Waals surface area contributed by atoms with Crippen molar-refractivity contribution < 1.29 is 4.79 Å². The molecule has 90 valence electrons. The van der Waals surface area contributed by atoms with Gasteiger partial charge in [0.15, 0.2) is 5.69 Å². The number of primary amides is 1. The van der Waals surface area contributed by atoms with Crippen LogP contribution < -0.4 is 5.73 Å². The third kappa shape index (κ3) is 1.90. The Kier molecular flexibility index (Phi) is 2.88. The first-order valence-electron chi connectivity index (χ1n) is 5.85. The van der Waals surface area contributed by atoms with Crippen molar-refractivity contribution in [1.82, 2.24) is 9.38 Å². The van der Waals surface area contributed by atoms with Gasteiger partial charge in [0.1, 0.15) is 5.82 Å². The molecule has 0 aliphatic rings. The molecule has 0 saturated carbocycles. The molecule has 2 N–H and O–H groups in total. The van der Waals surface area contributed by atoms with E-state index < -0.39 is 5.91 Å². The van der Waals surface area contributed by atoms with E-state index in [4.69, 9.17) is 5.73 Å². The van der Waals surface area contributed by atoms with Gasteiger partial charge in [0.25, 0.3) is 5.91 Å². The summed E-state index contributed by atoms with van der Waals surface area (Å²) in [6, 6.07) is 3.92. The first-order valence-corrected chi connectivity index (χ1v) is 5.85. The summed E-state index contributed by atoms with van der Waals surface area (Å²) >= 11 is 0. The van der Waals surface area contributed by atoms with Gasteiger partial charge in [-0.1, -0.05) is 26.8 Å². The molecular weight excluding hydrogens is 214 g/mol. The first kappa shape index (κ1) is 11.6. The van der Waals surface area contributed by atoms with Crippen LogP contribution in [0.15, 0.2) is 18.3 Å². The lowest BCUT2D eigenvalue weighted by molar-refractivity contribution is 0.0997. The van der Waals surface area contributed by atoms with Crippen molar-refractivity contribution in [1.29, 1.82) is 0 Å². The number of imidazole rings is 1. The van der Waals surface area contributed by atoms with Gasteiger partial charge in [-0.3, -0.25) is 4.79 Å². The zero-order valence-corrected chi connectivity index (χ0v) is 10.4. The Balaban J connectivity index is 2.76. The van der Waals surface area contributed by atoms with Gasteiger partial charge < -0.3 is 10.1 Å². The van der Waals surface area contributed by atoms with Crippen molar-refractivity contribution >= 4 is 11.4 Å². The Bertz CT molecular complexity index is 569. The Hall–Kier alpha value is -1.84. The normalized spacial score (nSPS) is 11.3. The summed E-state index contributed by atoms with van der Waals surface area (Å²) in [5.41, 5.74) is 7.71. The van der Waals surface area contributed by atoms with E-state index in [0.717, 1.165) is 17.8 Å². The number of fused-ring (bicyclic) bond motifs is 1. The van der Waals surface area contributed by atoms with Crippen LogP contribution in [0.2, 0.25) is 0 Å². The second-order valence-corrected chi connectivity index (χ2v) is 4.48. The molecule has 1 amide bonds. The third-order valence-electron chi connectivity index (χ3n) is 2.88. The van der Waals surface area contributed by atoms with Crippen LogP contribution in [-0.2, 0) is 6.42 Å². The quantitative estimate of drug-likeness (QED) is 0.879. The van der Waals surface area contributed by atoms with Gasteiger partial charge in [0.05, 0.1) is 5.52 Å². The average Bonchev–Trinajstić information content (AvgIpc) is 2.67. The Morgan fingerprint density at radius 3 is 2.71 bits per heavy atom. The second-order valence-electron chi connectivity index (χ2n) is 4.48. The van der Waals surface area contributed by atoms with Crippen LogP contribution in [0.1, 0.15) is 48.6 Å². The smallest absolute Gasteiger partial charge is 0.269 e. The number of carbonyl (C=O) groups excluding carboxylic acids is 1. The average molecular weight is 231 g/mol. The molecular formula is C13H17N3O. The largest absolute Gasteiger partial charge is 0.364 e. The van der Waals surface area contributed by atoms with Gasteiger partial charge in [-0.2, -0.15) is 0 Å². The molecule has 0 aromatic carbocycles. The zero-order chi connectivity index (χ0) is 12.6. The number of aromatic nitrogens is 2. The highest BCUT2D eigenvalue weighted by Crippen LogP contribution is 2.20. The van der Waals surface area contributed by atoms with E-state index in [2.05, 4.69) is 25.8 Å². The van der Waals surface area contributed by atoms with Crippen molar-refractivity contribution in [3.05, 3.63) is 35.4 Å². The fourth-order valence-electron chi connectivity index (χ4n) is 1.95. The summed E-state index contributed by atoms with van der Waals surface area (Å²) in [6.07, 6.45) is 2.99. The van der Waals surface area contributed by atoms with Crippen LogP contribution in [0.5, 0.6) is 0 Å². The standard InChI is InChI=1S/C13H17N3O/c1-4-9-5-6-10-11(12(14)17)15-13(8(2)3)16(10)7-9/h5-8H,4H2,1-3H3,(H2,14,17). The number of carbonyl (C=O) groups is 1. The number of nitrogens with two attached hydrogens (primary N) is 1. The molecule has 2 heterocycles. The minimum absolute atomic E-state index is 0.253. The van der Waals surface area contributed by atoms with Gasteiger partial charge in [-0.05, 0) is 18.1 Å². The lowest BCUT2D eigenvalue weighted by Gasteiger charge is -2.05. The maximum absolute atomic E-state index is 11.4. The monoisotopic (exact) mass is 231 g/mol. The number of hydrogen-bond acceptors (Lipinski definition) is 2. The minimum Gasteiger partial charge on any atom is -0.364 e. The van der Waals surface area contributed by atoms with Crippen LogP contribution in [0.3, 0.4) is 0 Å². The highest BCUT2D eigenvalue weighted by molar-refractivity contribution is 5.98. The molecule has 0 unspecified atom stereocenters. The third-order valence-corrected chi connectivity index (χ3v) is 2.88. The van der Waals surface area contributed by atoms with Crippen molar-refractivity contribution in [3.8, 4) is 0 Å². The van der Waals surface area contributed by atoms with E-state index in [9.17, 15) is 4.79 Å². The van der Waals surface area contributed by atoms with Gasteiger partial charge in [-0.15, -0.1) is 0 Å². The fourth-order valence-corrected chi connectivity index (χ4v) is 1.95. The zero-order valence-electron chi connectivity index (χ0n) is 10.4. The molecule has 0 aliphatic heterocycles. The van der Waals surface area contributed by atoms with E-state index in [1.54, 1.807) is 0 Å². The number of pyridine rings is 1. The Labute approximate surface area is 100 Å². The maximum atomic E-state index is 11.4. The Morgan fingerprint density at radius 1 is 1.47 bits per heavy atom. The molecule has 0 saturated heterocycles. The highest BCUT2D eigenvalue weighted by Gasteiger charge is 2.16. The van der Waals surface area contributed by atoms with Gasteiger partial charge >= 0.3 is 0 Å². The molecule has 2 rings (SSSR count). The molecule has 0 aliphatic carbocycles. The lowest BCUT2D eigenvalue weighted by Crippen LogP contribution is -2.12.